The molecule has 0 aliphatic rings. The maximum Gasteiger partial charge on any atom is 0.120 e. The van der Waals surface area contributed by atoms with Crippen molar-refractivity contribution in [1.82, 2.24) is 0 Å². The van der Waals surface area contributed by atoms with Gasteiger partial charge in [0.05, 0.1) is 10.7 Å². The molecule has 0 saturated heterocycles. The zero-order valence-electron chi connectivity index (χ0n) is 11.6. The number of aliphatic hydroxyl groups is 1. The summed E-state index contributed by atoms with van der Waals surface area (Å²) in [4.78, 5) is 0. The summed E-state index contributed by atoms with van der Waals surface area (Å²) >= 11 is 12.0. The molecule has 1 unspecified atom stereocenters. The van der Waals surface area contributed by atoms with E-state index in [1.54, 1.807) is 24.3 Å². The monoisotopic (exact) mass is 325 g/mol. The van der Waals surface area contributed by atoms with Gasteiger partial charge in [-0.1, -0.05) is 35.3 Å². The topological polar surface area (TPSA) is 41.5 Å². The van der Waals surface area contributed by atoms with E-state index >= 15 is 0 Å². The fraction of sp³-hybridized carbons (Fsp3) is 0.250. The first kappa shape index (κ1) is 16.0. The third kappa shape index (κ3) is 5.12. The summed E-state index contributed by atoms with van der Waals surface area (Å²) in [5.74, 6) is 0.634. The summed E-state index contributed by atoms with van der Waals surface area (Å²) in [5.41, 5.74) is 1.89. The van der Waals surface area contributed by atoms with E-state index in [2.05, 4.69) is 5.32 Å². The number of anilines is 1. The van der Waals surface area contributed by atoms with Crippen LogP contribution >= 0.6 is 23.2 Å². The van der Waals surface area contributed by atoms with E-state index < -0.39 is 6.10 Å². The fourth-order valence-electron chi connectivity index (χ4n) is 1.80. The highest BCUT2D eigenvalue weighted by Gasteiger charge is 2.07. The molecule has 21 heavy (non-hydrogen) atoms. The predicted octanol–water partition coefficient (Wildman–Crippen LogP) is 4.15. The maximum atomic E-state index is 9.92. The molecule has 112 valence electrons. The molecule has 5 heteroatoms. The molecule has 0 amide bonds. The zero-order valence-corrected chi connectivity index (χ0v) is 13.2. The number of halogens is 2. The lowest BCUT2D eigenvalue weighted by Gasteiger charge is -2.15. The van der Waals surface area contributed by atoms with Crippen molar-refractivity contribution in [2.24, 2.45) is 0 Å². The Labute approximate surface area is 134 Å². The van der Waals surface area contributed by atoms with Gasteiger partial charge < -0.3 is 15.2 Å². The minimum absolute atomic E-state index is 0.177. The number of aryl methyl sites for hydroxylation is 1. The molecule has 0 fully saturated rings. The van der Waals surface area contributed by atoms with E-state index in [-0.39, 0.29) is 6.61 Å². The summed E-state index contributed by atoms with van der Waals surface area (Å²) in [7, 11) is 0. The summed E-state index contributed by atoms with van der Waals surface area (Å²) in [6.07, 6.45) is -0.652. The highest BCUT2D eigenvalue weighted by atomic mass is 35.5. The van der Waals surface area contributed by atoms with Gasteiger partial charge in [-0.3, -0.25) is 0 Å². The lowest BCUT2D eigenvalue weighted by molar-refractivity contribution is 0.117. The minimum Gasteiger partial charge on any atom is -0.491 e. The molecule has 1 atom stereocenters. The van der Waals surface area contributed by atoms with E-state index in [9.17, 15) is 5.11 Å². The van der Waals surface area contributed by atoms with Crippen LogP contribution in [0.5, 0.6) is 5.75 Å². The van der Waals surface area contributed by atoms with E-state index in [0.29, 0.717) is 22.3 Å². The number of hydrogen-bond donors (Lipinski definition) is 2. The van der Waals surface area contributed by atoms with Crippen LogP contribution in [0.1, 0.15) is 5.56 Å². The molecule has 3 nitrogen and oxygen atoms in total. The Hall–Kier alpha value is -1.42. The normalized spacial score (nSPS) is 12.0. The van der Waals surface area contributed by atoms with Gasteiger partial charge in [0.1, 0.15) is 18.5 Å². The maximum absolute atomic E-state index is 9.92. The number of ether oxygens (including phenoxy) is 1. The number of aliphatic hydroxyl groups excluding tert-OH is 1. The second-order valence-corrected chi connectivity index (χ2v) is 5.63. The molecule has 0 aliphatic carbocycles. The Morgan fingerprint density at radius 1 is 1.19 bits per heavy atom. The standard InChI is InChI=1S/C16H17Cl2NO2/c1-11-5-6-16(15(18)7-11)19-9-13(20)10-21-14-4-2-3-12(17)8-14/h2-8,13,19-20H,9-10H2,1H3. The molecule has 0 aromatic heterocycles. The molecule has 0 heterocycles. The highest BCUT2D eigenvalue weighted by Crippen LogP contribution is 2.22. The molecule has 0 bridgehead atoms. The van der Waals surface area contributed by atoms with E-state index in [0.717, 1.165) is 11.3 Å². The molecule has 2 rings (SSSR count). The van der Waals surface area contributed by atoms with E-state index in [1.807, 2.05) is 25.1 Å². The van der Waals surface area contributed by atoms with Gasteiger partial charge in [-0.05, 0) is 42.8 Å². The van der Waals surface area contributed by atoms with Crippen molar-refractivity contribution in [1.29, 1.82) is 0 Å². The van der Waals surface area contributed by atoms with Crippen molar-refractivity contribution in [2.75, 3.05) is 18.5 Å². The first-order chi connectivity index (χ1) is 10.0. The molecule has 0 spiro atoms. The molecular weight excluding hydrogens is 309 g/mol. The third-order valence-corrected chi connectivity index (χ3v) is 3.44. The van der Waals surface area contributed by atoms with Gasteiger partial charge in [-0.2, -0.15) is 0 Å². The molecule has 0 aliphatic heterocycles. The van der Waals surface area contributed by atoms with Gasteiger partial charge >= 0.3 is 0 Å². The largest absolute Gasteiger partial charge is 0.491 e. The Balaban J connectivity index is 1.80. The molecule has 0 radical (unpaired) electrons. The first-order valence-electron chi connectivity index (χ1n) is 6.61. The highest BCUT2D eigenvalue weighted by molar-refractivity contribution is 6.33. The van der Waals surface area contributed by atoms with Gasteiger partial charge in [-0.25, -0.2) is 0 Å². The number of benzene rings is 2. The van der Waals surface area contributed by atoms with E-state index in [1.165, 1.54) is 0 Å². The lowest BCUT2D eigenvalue weighted by atomic mass is 10.2. The van der Waals surface area contributed by atoms with Crippen molar-refractivity contribution in [3.63, 3.8) is 0 Å². The number of nitrogens with one attached hydrogen (secondary N) is 1. The third-order valence-electron chi connectivity index (χ3n) is 2.89. The SMILES string of the molecule is Cc1ccc(NCC(O)COc2cccc(Cl)c2)c(Cl)c1. The Morgan fingerprint density at radius 3 is 2.71 bits per heavy atom. The van der Waals surface area contributed by atoms with Crippen LogP contribution in [-0.2, 0) is 0 Å². The van der Waals surface area contributed by atoms with Crippen LogP contribution in [0.3, 0.4) is 0 Å². The molecule has 2 aromatic carbocycles. The van der Waals surface area contributed by atoms with Crippen LogP contribution < -0.4 is 10.1 Å². The van der Waals surface area contributed by atoms with Crippen molar-refractivity contribution in [2.45, 2.75) is 13.0 Å². The van der Waals surface area contributed by atoms with Gasteiger partial charge in [0.2, 0.25) is 0 Å². The van der Waals surface area contributed by atoms with Crippen molar-refractivity contribution in [3.05, 3.63) is 58.1 Å². The van der Waals surface area contributed by atoms with Gasteiger partial charge in [0.15, 0.2) is 0 Å². The van der Waals surface area contributed by atoms with Gasteiger partial charge in [-0.15, -0.1) is 0 Å². The second-order valence-electron chi connectivity index (χ2n) is 4.79. The van der Waals surface area contributed by atoms with Crippen LogP contribution in [0, 0.1) is 6.92 Å². The smallest absolute Gasteiger partial charge is 0.120 e. The number of rotatable bonds is 6. The molecule has 2 aromatic rings. The molecular formula is C16H17Cl2NO2. The summed E-state index contributed by atoms with van der Waals surface area (Å²) < 4.78 is 5.48. The van der Waals surface area contributed by atoms with Crippen LogP contribution in [0.4, 0.5) is 5.69 Å². The minimum atomic E-state index is -0.652. The fourth-order valence-corrected chi connectivity index (χ4v) is 2.28. The van der Waals surface area contributed by atoms with Crippen molar-refractivity contribution >= 4 is 28.9 Å². The Kier molecular flexibility index (Phi) is 5.74. The average Bonchev–Trinajstić information content (AvgIpc) is 2.44. The van der Waals surface area contributed by atoms with Crippen LogP contribution in [-0.4, -0.2) is 24.4 Å². The predicted molar refractivity (Wildman–Crippen MR) is 87.6 cm³/mol. The van der Waals surface area contributed by atoms with Crippen molar-refractivity contribution < 1.29 is 9.84 Å². The van der Waals surface area contributed by atoms with Crippen LogP contribution in [0.2, 0.25) is 10.0 Å². The molecule has 0 saturated carbocycles. The van der Waals surface area contributed by atoms with E-state index in [4.69, 9.17) is 27.9 Å². The lowest BCUT2D eigenvalue weighted by Crippen LogP contribution is -2.26. The summed E-state index contributed by atoms with van der Waals surface area (Å²) in [5, 5.41) is 14.3. The molecule has 2 N–H and O–H groups in total. The Bertz CT molecular complexity index is 605. The summed E-state index contributed by atoms with van der Waals surface area (Å²) in [6, 6.07) is 12.8. The quantitative estimate of drug-likeness (QED) is 0.838. The van der Waals surface area contributed by atoms with Gasteiger partial charge in [0.25, 0.3) is 0 Å². The van der Waals surface area contributed by atoms with Gasteiger partial charge in [0, 0.05) is 11.6 Å². The van der Waals surface area contributed by atoms with Crippen LogP contribution in [0.15, 0.2) is 42.5 Å². The van der Waals surface area contributed by atoms with Crippen molar-refractivity contribution in [3.8, 4) is 5.75 Å². The van der Waals surface area contributed by atoms with Crippen LogP contribution in [0.25, 0.3) is 0 Å². The zero-order chi connectivity index (χ0) is 15.2. The summed E-state index contributed by atoms with van der Waals surface area (Å²) in [6.45, 7) is 2.50. The first-order valence-corrected chi connectivity index (χ1v) is 7.36. The average molecular weight is 326 g/mol. The Morgan fingerprint density at radius 2 is 2.00 bits per heavy atom. The second kappa shape index (κ2) is 7.55. The number of hydrogen-bond acceptors (Lipinski definition) is 3.